The first-order valence-corrected chi connectivity index (χ1v) is 10.4. The molecule has 0 saturated heterocycles. The summed E-state index contributed by atoms with van der Waals surface area (Å²) in [5.74, 6) is -0.0629. The summed E-state index contributed by atoms with van der Waals surface area (Å²) in [6.45, 7) is 0.211. The van der Waals surface area contributed by atoms with E-state index in [4.69, 9.17) is 9.47 Å². The molecule has 1 N–H and O–H groups in total. The zero-order valence-corrected chi connectivity index (χ0v) is 18.7. The molecule has 182 valence electrons. The summed E-state index contributed by atoms with van der Waals surface area (Å²) in [6, 6.07) is 12.2. The molecule has 0 aliphatic heterocycles. The summed E-state index contributed by atoms with van der Waals surface area (Å²) in [5.41, 5.74) is -0.350. The van der Waals surface area contributed by atoms with Crippen LogP contribution in [0.25, 0.3) is 16.9 Å². The molecule has 2 aromatic heterocycles. The Labute approximate surface area is 197 Å². The molecule has 2 heterocycles. The Bertz CT molecular complexity index is 1370. The number of methoxy groups -OCH3 is 2. The van der Waals surface area contributed by atoms with Crippen LogP contribution in [0.1, 0.15) is 21.7 Å². The number of halogens is 4. The minimum Gasteiger partial charge on any atom is -0.493 e. The Morgan fingerprint density at radius 2 is 1.71 bits per heavy atom. The normalized spacial score (nSPS) is 11.5. The Morgan fingerprint density at radius 1 is 1.00 bits per heavy atom. The summed E-state index contributed by atoms with van der Waals surface area (Å²) in [4.78, 5) is 16.8. The number of aromatic nitrogens is 3. The maximum atomic E-state index is 13.7. The number of hydrogen-bond acceptors (Lipinski definition) is 5. The van der Waals surface area contributed by atoms with Crippen molar-refractivity contribution in [2.45, 2.75) is 12.6 Å². The summed E-state index contributed by atoms with van der Waals surface area (Å²) in [6.07, 6.45) is -4.32. The van der Waals surface area contributed by atoms with Crippen molar-refractivity contribution < 1.29 is 31.8 Å². The van der Waals surface area contributed by atoms with Gasteiger partial charge in [-0.2, -0.15) is 18.3 Å². The average molecular weight is 488 g/mol. The fourth-order valence-corrected chi connectivity index (χ4v) is 3.50. The Balaban J connectivity index is 1.56. The van der Waals surface area contributed by atoms with Crippen LogP contribution < -0.4 is 14.8 Å². The second-order valence-corrected chi connectivity index (χ2v) is 7.53. The fourth-order valence-electron chi connectivity index (χ4n) is 3.50. The van der Waals surface area contributed by atoms with Gasteiger partial charge in [0.05, 0.1) is 19.9 Å². The van der Waals surface area contributed by atoms with Gasteiger partial charge in [0.1, 0.15) is 5.82 Å². The van der Waals surface area contributed by atoms with E-state index in [2.05, 4.69) is 15.4 Å². The van der Waals surface area contributed by atoms with E-state index in [1.807, 2.05) is 6.07 Å². The third kappa shape index (κ3) is 5.18. The van der Waals surface area contributed by atoms with E-state index < -0.39 is 23.6 Å². The van der Waals surface area contributed by atoms with Crippen LogP contribution in [0.2, 0.25) is 0 Å². The standard InChI is InChI=1S/C24H20F4N4O3/c1-34-19-8-3-14(11-20(19)35-2)9-10-29-23(33)18-13-22-30-17(15-4-6-16(25)7-5-15)12-21(24(26,27)28)32(22)31-18/h3-8,11-13H,9-10H2,1-2H3,(H,29,33). The van der Waals surface area contributed by atoms with Gasteiger partial charge in [0.15, 0.2) is 28.5 Å². The maximum Gasteiger partial charge on any atom is 0.433 e. The van der Waals surface area contributed by atoms with Crippen molar-refractivity contribution in [1.82, 2.24) is 19.9 Å². The minimum atomic E-state index is -4.76. The molecular weight excluding hydrogens is 468 g/mol. The molecule has 0 aliphatic rings. The first kappa shape index (κ1) is 24.0. The molecule has 4 rings (SSSR count). The minimum absolute atomic E-state index is 0.0230. The second kappa shape index (κ2) is 9.61. The Morgan fingerprint density at radius 3 is 2.37 bits per heavy atom. The number of ether oxygens (including phenoxy) is 2. The summed E-state index contributed by atoms with van der Waals surface area (Å²) < 4.78 is 65.4. The summed E-state index contributed by atoms with van der Waals surface area (Å²) in [5, 5.41) is 6.48. The predicted molar refractivity (Wildman–Crippen MR) is 119 cm³/mol. The van der Waals surface area contributed by atoms with Gasteiger partial charge in [0, 0.05) is 18.2 Å². The van der Waals surface area contributed by atoms with E-state index in [9.17, 15) is 22.4 Å². The highest BCUT2D eigenvalue weighted by Crippen LogP contribution is 2.32. The summed E-state index contributed by atoms with van der Waals surface area (Å²) in [7, 11) is 3.03. The van der Waals surface area contributed by atoms with E-state index >= 15 is 0 Å². The first-order valence-electron chi connectivity index (χ1n) is 10.4. The molecule has 35 heavy (non-hydrogen) atoms. The van der Waals surface area contributed by atoms with Gasteiger partial charge in [-0.25, -0.2) is 13.9 Å². The molecular formula is C24H20F4N4O3. The van der Waals surface area contributed by atoms with Crippen molar-refractivity contribution in [2.24, 2.45) is 0 Å². The number of amides is 1. The average Bonchev–Trinajstić information content (AvgIpc) is 3.27. The van der Waals surface area contributed by atoms with Gasteiger partial charge in [0.2, 0.25) is 0 Å². The largest absolute Gasteiger partial charge is 0.493 e. The number of carbonyl (C=O) groups excluding carboxylic acids is 1. The monoisotopic (exact) mass is 488 g/mol. The Kier molecular flexibility index (Phi) is 6.59. The highest BCUT2D eigenvalue weighted by molar-refractivity contribution is 5.93. The van der Waals surface area contributed by atoms with Gasteiger partial charge >= 0.3 is 6.18 Å². The van der Waals surface area contributed by atoms with Crippen LogP contribution in [0.5, 0.6) is 11.5 Å². The molecule has 0 saturated carbocycles. The summed E-state index contributed by atoms with van der Waals surface area (Å²) >= 11 is 0. The van der Waals surface area contributed by atoms with Crippen molar-refractivity contribution in [3.05, 3.63) is 77.4 Å². The fraction of sp³-hybridized carbons (Fsp3) is 0.208. The highest BCUT2D eigenvalue weighted by atomic mass is 19.4. The van der Waals surface area contributed by atoms with E-state index in [0.717, 1.165) is 23.8 Å². The molecule has 11 heteroatoms. The van der Waals surface area contributed by atoms with Crippen LogP contribution in [-0.4, -0.2) is 41.3 Å². The van der Waals surface area contributed by atoms with Gasteiger partial charge in [-0.3, -0.25) is 4.79 Å². The number of nitrogens with zero attached hydrogens (tertiary/aromatic N) is 3. The molecule has 0 bridgehead atoms. The molecule has 0 atom stereocenters. The van der Waals surface area contributed by atoms with Crippen LogP contribution in [0.4, 0.5) is 17.6 Å². The van der Waals surface area contributed by atoms with Gasteiger partial charge in [-0.1, -0.05) is 6.07 Å². The molecule has 2 aromatic carbocycles. The second-order valence-electron chi connectivity index (χ2n) is 7.53. The Hall–Kier alpha value is -4.15. The molecule has 1 amide bonds. The van der Waals surface area contributed by atoms with Crippen molar-refractivity contribution >= 4 is 11.6 Å². The number of benzene rings is 2. The lowest BCUT2D eigenvalue weighted by Crippen LogP contribution is -2.26. The van der Waals surface area contributed by atoms with Gasteiger partial charge < -0.3 is 14.8 Å². The van der Waals surface area contributed by atoms with E-state index in [0.29, 0.717) is 28.0 Å². The van der Waals surface area contributed by atoms with Crippen LogP contribution >= 0.6 is 0 Å². The lowest BCUT2D eigenvalue weighted by atomic mass is 10.1. The smallest absolute Gasteiger partial charge is 0.433 e. The van der Waals surface area contributed by atoms with E-state index in [1.54, 1.807) is 12.1 Å². The third-order valence-electron chi connectivity index (χ3n) is 5.24. The van der Waals surface area contributed by atoms with E-state index in [-0.39, 0.29) is 23.6 Å². The zero-order valence-electron chi connectivity index (χ0n) is 18.7. The molecule has 0 fully saturated rings. The first-order chi connectivity index (χ1) is 16.7. The number of fused-ring (bicyclic) bond motifs is 1. The van der Waals surface area contributed by atoms with Crippen LogP contribution in [-0.2, 0) is 12.6 Å². The van der Waals surface area contributed by atoms with Crippen molar-refractivity contribution in [1.29, 1.82) is 0 Å². The topological polar surface area (TPSA) is 77.8 Å². The lowest BCUT2D eigenvalue weighted by Gasteiger charge is -2.11. The van der Waals surface area contributed by atoms with Gasteiger partial charge in [-0.15, -0.1) is 0 Å². The third-order valence-corrected chi connectivity index (χ3v) is 5.24. The molecule has 0 unspecified atom stereocenters. The quantitative estimate of drug-likeness (QED) is 0.387. The number of carbonyl (C=O) groups is 1. The number of nitrogens with one attached hydrogen (secondary N) is 1. The number of rotatable bonds is 7. The van der Waals surface area contributed by atoms with Gasteiger partial charge in [-0.05, 0) is 54.4 Å². The van der Waals surface area contributed by atoms with Crippen molar-refractivity contribution in [2.75, 3.05) is 20.8 Å². The molecule has 0 aliphatic carbocycles. The number of hydrogen-bond donors (Lipinski definition) is 1. The van der Waals surface area contributed by atoms with Crippen molar-refractivity contribution in [3.8, 4) is 22.8 Å². The van der Waals surface area contributed by atoms with Crippen LogP contribution in [0.3, 0.4) is 0 Å². The van der Waals surface area contributed by atoms with E-state index in [1.165, 1.54) is 32.4 Å². The lowest BCUT2D eigenvalue weighted by molar-refractivity contribution is -0.142. The van der Waals surface area contributed by atoms with Crippen LogP contribution in [0, 0.1) is 5.82 Å². The molecule has 4 aromatic rings. The predicted octanol–water partition coefficient (Wildman–Crippen LogP) is 4.54. The zero-order chi connectivity index (χ0) is 25.2. The molecule has 7 nitrogen and oxygen atoms in total. The number of alkyl halides is 3. The van der Waals surface area contributed by atoms with Crippen molar-refractivity contribution in [3.63, 3.8) is 0 Å². The van der Waals surface area contributed by atoms with Gasteiger partial charge in [0.25, 0.3) is 5.91 Å². The molecule has 0 spiro atoms. The van der Waals surface area contributed by atoms with Crippen LogP contribution in [0.15, 0.2) is 54.6 Å². The SMILES string of the molecule is COc1ccc(CCNC(=O)c2cc3nc(-c4ccc(F)cc4)cc(C(F)(F)F)n3n2)cc1OC. The maximum absolute atomic E-state index is 13.7. The highest BCUT2D eigenvalue weighted by Gasteiger charge is 2.35. The molecule has 0 radical (unpaired) electrons.